The summed E-state index contributed by atoms with van der Waals surface area (Å²) in [5.41, 5.74) is -3.62. The van der Waals surface area contributed by atoms with E-state index in [1.165, 1.54) is 6.92 Å². The van der Waals surface area contributed by atoms with Gasteiger partial charge in [-0.3, -0.25) is 4.79 Å². The Kier molecular flexibility index (Phi) is 5.65. The lowest BCUT2D eigenvalue weighted by atomic mass is 9.99. The van der Waals surface area contributed by atoms with Crippen LogP contribution < -0.4 is 11.2 Å². The highest BCUT2D eigenvalue weighted by Crippen LogP contribution is 2.38. The Bertz CT molecular complexity index is 1150. The van der Waals surface area contributed by atoms with Crippen molar-refractivity contribution in [1.29, 1.82) is 0 Å². The van der Waals surface area contributed by atoms with Crippen LogP contribution in [0.4, 0.5) is 13.2 Å². The highest BCUT2D eigenvalue weighted by Gasteiger charge is 2.36. The molecule has 1 aliphatic carbocycles. The number of ether oxygens (including phenoxy) is 1. The molecule has 1 atom stereocenters. The first kappa shape index (κ1) is 21.6. The van der Waals surface area contributed by atoms with Gasteiger partial charge in [-0.05, 0) is 37.5 Å². The minimum atomic E-state index is -4.73. The Morgan fingerprint density at radius 3 is 2.41 bits per heavy atom. The number of sulfone groups is 1. The maximum atomic E-state index is 13.6. The van der Waals surface area contributed by atoms with Crippen LogP contribution in [0, 0.1) is 0 Å². The molecule has 0 aliphatic heterocycles. The van der Waals surface area contributed by atoms with E-state index < -0.39 is 44.8 Å². The molecule has 0 amide bonds. The number of fused-ring (bicyclic) bond motifs is 1. The molecule has 160 valence electrons. The molecular weight excluding hydrogens is 413 g/mol. The second-order valence-electron chi connectivity index (χ2n) is 7.39. The van der Waals surface area contributed by atoms with Gasteiger partial charge in [-0.25, -0.2) is 17.8 Å². The smallest absolute Gasteiger partial charge is 0.371 e. The Morgan fingerprint density at radius 2 is 1.86 bits per heavy atom. The number of nitrogens with zero attached hydrogens (tertiary/aromatic N) is 1. The zero-order chi connectivity index (χ0) is 21.6. The number of hydrogen-bond donors (Lipinski definition) is 1. The van der Waals surface area contributed by atoms with Gasteiger partial charge in [0, 0.05) is 6.26 Å². The average Bonchev–Trinajstić information content (AvgIpc) is 3.09. The maximum Gasteiger partial charge on any atom is 0.416 e. The van der Waals surface area contributed by atoms with Crippen molar-refractivity contribution in [2.45, 2.75) is 56.9 Å². The summed E-state index contributed by atoms with van der Waals surface area (Å²) in [6, 6.07) is 1.74. The van der Waals surface area contributed by atoms with Crippen molar-refractivity contribution in [2.24, 2.45) is 0 Å². The predicted octanol–water partition coefficient (Wildman–Crippen LogP) is 2.73. The molecule has 0 radical (unpaired) electrons. The second-order valence-corrected chi connectivity index (χ2v) is 9.50. The van der Waals surface area contributed by atoms with E-state index in [1.54, 1.807) is 0 Å². The highest BCUT2D eigenvalue weighted by molar-refractivity contribution is 7.89. The number of benzene rings is 1. The van der Waals surface area contributed by atoms with E-state index in [2.05, 4.69) is 4.98 Å². The van der Waals surface area contributed by atoms with Gasteiger partial charge in [0.1, 0.15) is 5.88 Å². The summed E-state index contributed by atoms with van der Waals surface area (Å²) in [4.78, 5) is 26.9. The van der Waals surface area contributed by atoms with E-state index in [-0.39, 0.29) is 22.6 Å². The number of aromatic nitrogens is 2. The van der Waals surface area contributed by atoms with Crippen LogP contribution in [0.2, 0.25) is 0 Å². The third-order valence-electron chi connectivity index (χ3n) is 4.96. The van der Waals surface area contributed by atoms with Crippen LogP contribution in [0.15, 0.2) is 21.7 Å². The van der Waals surface area contributed by atoms with E-state index in [0.717, 1.165) is 38.0 Å². The lowest BCUT2D eigenvalue weighted by Crippen LogP contribution is -2.37. The van der Waals surface area contributed by atoms with E-state index in [9.17, 15) is 31.2 Å². The van der Waals surface area contributed by atoms with Crippen LogP contribution in [-0.2, 0) is 26.6 Å². The number of rotatable bonds is 5. The third kappa shape index (κ3) is 4.72. The number of nitrogens with one attached hydrogen (secondary N) is 1. The van der Waals surface area contributed by atoms with Crippen LogP contribution in [0.3, 0.4) is 0 Å². The van der Waals surface area contributed by atoms with E-state index in [1.807, 2.05) is 0 Å². The summed E-state index contributed by atoms with van der Waals surface area (Å²) in [5, 5.41) is -0.210. The van der Waals surface area contributed by atoms with Crippen LogP contribution in [-0.4, -0.2) is 30.3 Å². The van der Waals surface area contributed by atoms with Crippen molar-refractivity contribution in [3.05, 3.63) is 44.1 Å². The van der Waals surface area contributed by atoms with Crippen molar-refractivity contribution in [3.8, 4) is 0 Å². The molecule has 1 saturated carbocycles. The minimum absolute atomic E-state index is 0.153. The van der Waals surface area contributed by atoms with E-state index in [4.69, 9.17) is 4.74 Å². The standard InChI is InChI=1S/C18H21F3N2O5S/c1-10(28-11-5-3-4-6-11)12-7-13-15(8-14(12)18(19,20)21)22-17(25)23(16(13)24)9-29(2,26)27/h7-8,10-11H,3-6,9H2,1-2H3,(H,22,25). The van der Waals surface area contributed by atoms with Crippen molar-refractivity contribution < 1.29 is 26.3 Å². The summed E-state index contributed by atoms with van der Waals surface area (Å²) in [5.74, 6) is -0.873. The molecule has 1 N–H and O–H groups in total. The number of alkyl halides is 3. The molecule has 0 spiro atoms. The first-order chi connectivity index (χ1) is 13.4. The molecule has 3 rings (SSSR count). The molecule has 2 aromatic rings. The Balaban J connectivity index is 2.20. The Hall–Kier alpha value is -2.14. The Labute approximate surface area is 164 Å². The zero-order valence-electron chi connectivity index (χ0n) is 15.9. The summed E-state index contributed by atoms with van der Waals surface area (Å²) < 4.78 is 70.2. The summed E-state index contributed by atoms with van der Waals surface area (Å²) in [6.07, 6.45) is -1.57. The van der Waals surface area contributed by atoms with Gasteiger partial charge >= 0.3 is 11.9 Å². The Morgan fingerprint density at radius 1 is 1.24 bits per heavy atom. The highest BCUT2D eigenvalue weighted by atomic mass is 32.2. The summed E-state index contributed by atoms with van der Waals surface area (Å²) in [7, 11) is -3.73. The van der Waals surface area contributed by atoms with Crippen molar-refractivity contribution in [1.82, 2.24) is 9.55 Å². The number of H-pyrrole nitrogens is 1. The van der Waals surface area contributed by atoms with E-state index in [0.29, 0.717) is 10.6 Å². The van der Waals surface area contributed by atoms with Gasteiger partial charge in [0.2, 0.25) is 0 Å². The van der Waals surface area contributed by atoms with Gasteiger partial charge in [-0.1, -0.05) is 12.8 Å². The van der Waals surface area contributed by atoms with Crippen LogP contribution >= 0.6 is 0 Å². The number of halogens is 3. The van der Waals surface area contributed by atoms with Gasteiger partial charge in [-0.15, -0.1) is 0 Å². The second kappa shape index (κ2) is 7.60. The van der Waals surface area contributed by atoms with E-state index >= 15 is 0 Å². The van der Waals surface area contributed by atoms with Gasteiger partial charge < -0.3 is 9.72 Å². The summed E-state index contributed by atoms with van der Waals surface area (Å²) in [6.45, 7) is 1.48. The van der Waals surface area contributed by atoms with Gasteiger partial charge in [-0.2, -0.15) is 13.2 Å². The molecule has 7 nitrogen and oxygen atoms in total. The molecule has 1 aliphatic rings. The molecule has 29 heavy (non-hydrogen) atoms. The molecule has 1 aromatic heterocycles. The lowest BCUT2D eigenvalue weighted by molar-refractivity contribution is -0.139. The van der Waals surface area contributed by atoms with Gasteiger partial charge in [0.25, 0.3) is 5.56 Å². The molecule has 1 aromatic carbocycles. The molecule has 1 fully saturated rings. The normalized spacial score (nSPS) is 17.1. The van der Waals surface area contributed by atoms with Gasteiger partial charge in [0.15, 0.2) is 9.84 Å². The molecule has 11 heteroatoms. The van der Waals surface area contributed by atoms with Gasteiger partial charge in [0.05, 0.1) is 28.7 Å². The zero-order valence-corrected chi connectivity index (χ0v) is 16.7. The molecular formula is C18H21F3N2O5S. The topological polar surface area (TPSA) is 98.2 Å². The molecule has 1 heterocycles. The quantitative estimate of drug-likeness (QED) is 0.780. The fraction of sp³-hybridized carbons (Fsp3) is 0.556. The largest absolute Gasteiger partial charge is 0.416 e. The number of aromatic amines is 1. The first-order valence-electron chi connectivity index (χ1n) is 9.08. The fourth-order valence-electron chi connectivity index (χ4n) is 3.64. The monoisotopic (exact) mass is 434 g/mol. The first-order valence-corrected chi connectivity index (χ1v) is 11.1. The van der Waals surface area contributed by atoms with Crippen molar-refractivity contribution in [2.75, 3.05) is 6.26 Å². The van der Waals surface area contributed by atoms with Crippen LogP contribution in [0.5, 0.6) is 0 Å². The fourth-order valence-corrected chi connectivity index (χ4v) is 4.34. The maximum absolute atomic E-state index is 13.6. The van der Waals surface area contributed by atoms with Crippen molar-refractivity contribution in [3.63, 3.8) is 0 Å². The summed E-state index contributed by atoms with van der Waals surface area (Å²) >= 11 is 0. The lowest BCUT2D eigenvalue weighted by Gasteiger charge is -2.23. The third-order valence-corrected chi connectivity index (χ3v) is 5.68. The molecule has 0 bridgehead atoms. The van der Waals surface area contributed by atoms with Crippen LogP contribution in [0.1, 0.15) is 49.8 Å². The van der Waals surface area contributed by atoms with Crippen molar-refractivity contribution >= 4 is 20.7 Å². The minimum Gasteiger partial charge on any atom is -0.371 e. The molecule has 0 saturated heterocycles. The predicted molar refractivity (Wildman–Crippen MR) is 100 cm³/mol. The van der Waals surface area contributed by atoms with Crippen LogP contribution in [0.25, 0.3) is 10.9 Å². The molecule has 1 unspecified atom stereocenters. The SMILES string of the molecule is CC(OC1CCCC1)c1cc2c(=O)n(CS(C)(=O)=O)c(=O)[nH]c2cc1C(F)(F)F. The number of hydrogen-bond acceptors (Lipinski definition) is 5. The average molecular weight is 434 g/mol.